The van der Waals surface area contributed by atoms with Crippen molar-refractivity contribution in [3.8, 4) is 16.8 Å². The monoisotopic (exact) mass is 566 g/mol. The van der Waals surface area contributed by atoms with E-state index >= 15 is 0 Å². The standard InChI is InChI=1S/C33H34N4O3S/c1-4-5-22-36(41(39,40)30-21-13-18-26-15-10-11-19-28(26)30)23-31(38)34-33-32(27-16-7-6-8-17-27)25(3)35-37(33)29-20-12-9-14-24(29)2/h6-21H,4-5,22-23H2,1-3H3,(H,34,38). The van der Waals surface area contributed by atoms with Crippen molar-refractivity contribution in [2.45, 2.75) is 38.5 Å². The fourth-order valence-electron chi connectivity index (χ4n) is 5.08. The molecular formula is C33H34N4O3S. The third-order valence-corrected chi connectivity index (χ3v) is 9.08. The molecule has 1 amide bonds. The van der Waals surface area contributed by atoms with Gasteiger partial charge in [-0.25, -0.2) is 13.1 Å². The Labute approximate surface area is 241 Å². The Morgan fingerprint density at radius 2 is 1.56 bits per heavy atom. The van der Waals surface area contributed by atoms with E-state index in [0.29, 0.717) is 17.6 Å². The van der Waals surface area contributed by atoms with Gasteiger partial charge in [0.25, 0.3) is 0 Å². The Balaban J connectivity index is 1.54. The fourth-order valence-corrected chi connectivity index (χ4v) is 6.73. The first kappa shape index (κ1) is 28.3. The largest absolute Gasteiger partial charge is 0.309 e. The number of benzene rings is 4. The van der Waals surface area contributed by atoms with Crippen LogP contribution in [-0.4, -0.2) is 41.5 Å². The molecule has 1 N–H and O–H groups in total. The maximum absolute atomic E-state index is 14.0. The van der Waals surface area contributed by atoms with Crippen molar-refractivity contribution in [3.05, 3.63) is 108 Å². The number of hydrogen-bond donors (Lipinski definition) is 1. The number of para-hydroxylation sites is 1. The molecule has 0 aliphatic heterocycles. The van der Waals surface area contributed by atoms with E-state index in [-0.39, 0.29) is 18.0 Å². The quantitative estimate of drug-likeness (QED) is 0.203. The zero-order chi connectivity index (χ0) is 29.0. The van der Waals surface area contributed by atoms with Gasteiger partial charge < -0.3 is 5.32 Å². The molecule has 0 unspecified atom stereocenters. The summed E-state index contributed by atoms with van der Waals surface area (Å²) in [6, 6.07) is 30.2. The number of aryl methyl sites for hydroxylation is 2. The van der Waals surface area contributed by atoms with Crippen molar-refractivity contribution in [1.82, 2.24) is 14.1 Å². The third-order valence-electron chi connectivity index (χ3n) is 7.17. The van der Waals surface area contributed by atoms with E-state index in [0.717, 1.165) is 39.9 Å². The molecule has 0 aliphatic rings. The van der Waals surface area contributed by atoms with Crippen LogP contribution in [0.2, 0.25) is 0 Å². The van der Waals surface area contributed by atoms with E-state index in [1.807, 2.05) is 99.6 Å². The number of nitrogens with one attached hydrogen (secondary N) is 1. The van der Waals surface area contributed by atoms with Crippen LogP contribution in [0.3, 0.4) is 0 Å². The van der Waals surface area contributed by atoms with Crippen molar-refractivity contribution >= 4 is 32.5 Å². The second kappa shape index (κ2) is 12.1. The van der Waals surface area contributed by atoms with Gasteiger partial charge in [-0.05, 0) is 48.9 Å². The average molecular weight is 567 g/mol. The minimum Gasteiger partial charge on any atom is -0.309 e. The van der Waals surface area contributed by atoms with Crippen LogP contribution >= 0.6 is 0 Å². The zero-order valence-electron chi connectivity index (χ0n) is 23.5. The van der Waals surface area contributed by atoms with Gasteiger partial charge in [0.1, 0.15) is 5.82 Å². The number of anilines is 1. The van der Waals surface area contributed by atoms with E-state index < -0.39 is 15.9 Å². The molecule has 41 heavy (non-hydrogen) atoms. The summed E-state index contributed by atoms with van der Waals surface area (Å²) >= 11 is 0. The number of carbonyl (C=O) groups is 1. The smallest absolute Gasteiger partial charge is 0.244 e. The predicted molar refractivity (Wildman–Crippen MR) is 165 cm³/mol. The molecule has 0 saturated carbocycles. The van der Waals surface area contributed by atoms with Gasteiger partial charge in [0.05, 0.1) is 22.8 Å². The number of unbranched alkanes of at least 4 members (excludes halogenated alkanes) is 1. The number of carbonyl (C=O) groups excluding carboxylic acids is 1. The molecule has 0 bridgehead atoms. The summed E-state index contributed by atoms with van der Waals surface area (Å²) < 4.78 is 31.0. The van der Waals surface area contributed by atoms with Gasteiger partial charge in [0, 0.05) is 17.5 Å². The van der Waals surface area contributed by atoms with Crippen molar-refractivity contribution in [2.75, 3.05) is 18.4 Å². The zero-order valence-corrected chi connectivity index (χ0v) is 24.4. The number of amides is 1. The first-order valence-electron chi connectivity index (χ1n) is 13.8. The van der Waals surface area contributed by atoms with E-state index in [2.05, 4.69) is 5.32 Å². The Hall–Kier alpha value is -4.27. The molecule has 0 aliphatic carbocycles. The SMILES string of the molecule is CCCCN(CC(=O)Nc1c(-c2ccccc2)c(C)nn1-c1ccccc1C)S(=O)(=O)c1cccc2ccccc12. The maximum atomic E-state index is 14.0. The average Bonchev–Trinajstić information content (AvgIpc) is 3.30. The lowest BCUT2D eigenvalue weighted by Gasteiger charge is -2.23. The highest BCUT2D eigenvalue weighted by atomic mass is 32.2. The molecule has 0 radical (unpaired) electrons. The first-order valence-corrected chi connectivity index (χ1v) is 15.2. The Morgan fingerprint density at radius 1 is 0.878 bits per heavy atom. The van der Waals surface area contributed by atoms with Crippen molar-refractivity contribution in [2.24, 2.45) is 0 Å². The molecule has 5 aromatic rings. The number of sulfonamides is 1. The number of fused-ring (bicyclic) bond motifs is 1. The van der Waals surface area contributed by atoms with Crippen LogP contribution < -0.4 is 5.32 Å². The minimum absolute atomic E-state index is 0.199. The fraction of sp³-hybridized carbons (Fsp3) is 0.212. The topological polar surface area (TPSA) is 84.3 Å². The molecule has 0 saturated heterocycles. The lowest BCUT2D eigenvalue weighted by molar-refractivity contribution is -0.116. The molecule has 1 aromatic heterocycles. The van der Waals surface area contributed by atoms with Crippen LogP contribution in [0.5, 0.6) is 0 Å². The van der Waals surface area contributed by atoms with E-state index in [1.54, 1.807) is 22.9 Å². The Bertz CT molecular complexity index is 1790. The summed E-state index contributed by atoms with van der Waals surface area (Å²) in [5, 5.41) is 9.32. The number of aromatic nitrogens is 2. The van der Waals surface area contributed by atoms with E-state index in [9.17, 15) is 13.2 Å². The van der Waals surface area contributed by atoms with E-state index in [4.69, 9.17) is 5.10 Å². The summed E-state index contributed by atoms with van der Waals surface area (Å²) in [4.78, 5) is 13.9. The molecule has 1 heterocycles. The van der Waals surface area contributed by atoms with Gasteiger partial charge in [0.2, 0.25) is 15.9 Å². The number of hydrogen-bond acceptors (Lipinski definition) is 4. The van der Waals surface area contributed by atoms with Gasteiger partial charge in [-0.2, -0.15) is 9.40 Å². The van der Waals surface area contributed by atoms with Gasteiger partial charge in [0.15, 0.2) is 0 Å². The molecule has 7 nitrogen and oxygen atoms in total. The van der Waals surface area contributed by atoms with Gasteiger partial charge in [-0.3, -0.25) is 4.79 Å². The minimum atomic E-state index is -3.96. The van der Waals surface area contributed by atoms with Crippen molar-refractivity contribution in [3.63, 3.8) is 0 Å². The van der Waals surface area contributed by atoms with Crippen LogP contribution in [0.1, 0.15) is 31.0 Å². The normalized spacial score (nSPS) is 11.7. The van der Waals surface area contributed by atoms with Crippen LogP contribution in [0.25, 0.3) is 27.6 Å². The summed E-state index contributed by atoms with van der Waals surface area (Å²) in [6.07, 6.45) is 1.42. The number of nitrogens with zero attached hydrogens (tertiary/aromatic N) is 3. The van der Waals surface area contributed by atoms with Gasteiger partial charge in [-0.1, -0.05) is 98.3 Å². The molecule has 8 heteroatoms. The van der Waals surface area contributed by atoms with Crippen LogP contribution in [0.15, 0.2) is 102 Å². The third kappa shape index (κ3) is 5.80. The lowest BCUT2D eigenvalue weighted by Crippen LogP contribution is -2.39. The molecule has 0 spiro atoms. The van der Waals surface area contributed by atoms with Crippen LogP contribution in [-0.2, 0) is 14.8 Å². The highest BCUT2D eigenvalue weighted by Gasteiger charge is 2.29. The highest BCUT2D eigenvalue weighted by molar-refractivity contribution is 7.89. The Kier molecular flexibility index (Phi) is 8.33. The molecule has 0 fully saturated rings. The molecule has 0 atom stereocenters. The maximum Gasteiger partial charge on any atom is 0.244 e. The summed E-state index contributed by atoms with van der Waals surface area (Å²) in [5.41, 5.74) is 4.28. The second-order valence-electron chi connectivity index (χ2n) is 10.1. The molecule has 5 rings (SSSR count). The van der Waals surface area contributed by atoms with Crippen LogP contribution in [0.4, 0.5) is 5.82 Å². The van der Waals surface area contributed by atoms with Crippen LogP contribution in [0, 0.1) is 13.8 Å². The Morgan fingerprint density at radius 3 is 2.32 bits per heavy atom. The lowest BCUT2D eigenvalue weighted by atomic mass is 10.1. The predicted octanol–water partition coefficient (Wildman–Crippen LogP) is 6.74. The molecular weight excluding hydrogens is 532 g/mol. The first-order chi connectivity index (χ1) is 19.8. The van der Waals surface area contributed by atoms with Gasteiger partial charge >= 0.3 is 0 Å². The number of rotatable bonds is 10. The van der Waals surface area contributed by atoms with E-state index in [1.165, 1.54) is 4.31 Å². The highest BCUT2D eigenvalue weighted by Crippen LogP contribution is 2.34. The molecule has 210 valence electrons. The summed E-state index contributed by atoms with van der Waals surface area (Å²) in [7, 11) is -3.96. The summed E-state index contributed by atoms with van der Waals surface area (Å²) in [6.45, 7) is 5.81. The van der Waals surface area contributed by atoms with Gasteiger partial charge in [-0.15, -0.1) is 0 Å². The van der Waals surface area contributed by atoms with Crippen molar-refractivity contribution in [1.29, 1.82) is 0 Å². The van der Waals surface area contributed by atoms with Crippen molar-refractivity contribution < 1.29 is 13.2 Å². The molecule has 4 aromatic carbocycles. The summed E-state index contributed by atoms with van der Waals surface area (Å²) in [5.74, 6) is 0.0721. The second-order valence-corrected chi connectivity index (χ2v) is 12.0.